The normalized spacial score (nSPS) is 28.8. The van der Waals surface area contributed by atoms with Crippen LogP contribution in [0.15, 0.2) is 18.5 Å². The number of nitrogens with zero attached hydrogens (tertiary/aromatic N) is 5. The summed E-state index contributed by atoms with van der Waals surface area (Å²) in [7, 11) is 3.71. The van der Waals surface area contributed by atoms with Crippen molar-refractivity contribution >= 4 is 45.7 Å². The highest BCUT2D eigenvalue weighted by atomic mass is 35.5. The zero-order chi connectivity index (χ0) is 22.1. The smallest absolute Gasteiger partial charge is 0.209 e. The average molecular weight is 458 g/mol. The first-order chi connectivity index (χ1) is 14.7. The molecule has 2 N–H and O–H groups in total. The molecule has 5 rings (SSSR count). The maximum Gasteiger partial charge on any atom is 0.209 e. The molecule has 3 aromatic rings. The lowest BCUT2D eigenvalue weighted by Gasteiger charge is -2.23. The van der Waals surface area contributed by atoms with Crippen molar-refractivity contribution in [3.8, 4) is 11.8 Å². The fourth-order valence-electron chi connectivity index (χ4n) is 4.76. The van der Waals surface area contributed by atoms with Crippen molar-refractivity contribution in [1.29, 1.82) is 0 Å². The minimum atomic E-state index is -1.10. The topological polar surface area (TPSA) is 104 Å². The summed E-state index contributed by atoms with van der Waals surface area (Å²) < 4.78 is 2.41. The van der Waals surface area contributed by atoms with E-state index in [4.69, 9.17) is 11.6 Å². The molecule has 3 heterocycles. The van der Waals surface area contributed by atoms with Gasteiger partial charge in [0.15, 0.2) is 17.0 Å². The molecule has 0 bridgehead atoms. The molecule has 2 saturated carbocycles. The summed E-state index contributed by atoms with van der Waals surface area (Å²) >= 11 is 7.35. The van der Waals surface area contributed by atoms with Crippen LogP contribution < -0.4 is 4.90 Å². The van der Waals surface area contributed by atoms with Gasteiger partial charge in [0.2, 0.25) is 5.82 Å². The third-order valence-electron chi connectivity index (χ3n) is 6.35. The molecule has 0 spiro atoms. The number of hydrogen-bond donors (Lipinski definition) is 2. The van der Waals surface area contributed by atoms with Crippen molar-refractivity contribution in [3.63, 3.8) is 0 Å². The standard InChI is InChI=1S/C21H20ClN5O3S/c1-10(28)21-8-12(21)16(17(29)18(21)30)27-9-23-15-19(26(2)3)24-14(25-20(15)27)7-5-11-4-6-13(22)31-11/h4,6,9,12,16-18,29-30H,8H2,1-3H3/t12?,16-,17+,18?,21+/m1/s1. The number of aliphatic hydroxyl groups is 2. The second-order valence-corrected chi connectivity index (χ2v) is 9.99. The van der Waals surface area contributed by atoms with Gasteiger partial charge in [0.25, 0.3) is 0 Å². The summed E-state index contributed by atoms with van der Waals surface area (Å²) in [5, 5.41) is 21.4. The predicted octanol–water partition coefficient (Wildman–Crippen LogP) is 1.88. The van der Waals surface area contributed by atoms with Crippen LogP contribution in [0.25, 0.3) is 11.2 Å². The number of rotatable bonds is 3. The molecule has 10 heteroatoms. The highest BCUT2D eigenvalue weighted by Crippen LogP contribution is 2.68. The molecular formula is C21H20ClN5O3S. The number of carbonyl (C=O) groups excluding carboxylic acids is 1. The number of ketones is 1. The SMILES string of the molecule is CC(=O)[C@@]12CC1[C@@H](n1cnc3c(N(C)C)nc(C#Cc4ccc(Cl)s4)nc31)[C@H](O)C2O. The third-order valence-corrected chi connectivity index (χ3v) is 7.49. The number of hydrogen-bond acceptors (Lipinski definition) is 8. The number of aromatic nitrogens is 4. The predicted molar refractivity (Wildman–Crippen MR) is 117 cm³/mol. The van der Waals surface area contributed by atoms with Gasteiger partial charge in [-0.05, 0) is 43.2 Å². The summed E-state index contributed by atoms with van der Waals surface area (Å²) in [6.07, 6.45) is -0.0453. The van der Waals surface area contributed by atoms with Crippen molar-refractivity contribution in [2.45, 2.75) is 31.6 Å². The first kappa shape index (κ1) is 20.4. The highest BCUT2D eigenvalue weighted by Gasteiger charge is 2.74. The molecule has 0 radical (unpaired) electrons. The van der Waals surface area contributed by atoms with E-state index in [1.807, 2.05) is 25.1 Å². The van der Waals surface area contributed by atoms with E-state index in [1.165, 1.54) is 18.3 Å². The van der Waals surface area contributed by atoms with Gasteiger partial charge >= 0.3 is 0 Å². The number of aliphatic hydroxyl groups excluding tert-OH is 2. The second kappa shape index (κ2) is 7.00. The van der Waals surface area contributed by atoms with Crippen LogP contribution in [0.4, 0.5) is 5.82 Å². The van der Waals surface area contributed by atoms with Gasteiger partial charge in [0.05, 0.1) is 33.1 Å². The zero-order valence-corrected chi connectivity index (χ0v) is 18.6. The number of anilines is 1. The van der Waals surface area contributed by atoms with E-state index in [9.17, 15) is 15.0 Å². The van der Waals surface area contributed by atoms with Gasteiger partial charge in [0.1, 0.15) is 11.9 Å². The fourth-order valence-corrected chi connectivity index (χ4v) is 5.65. The molecule has 8 nitrogen and oxygen atoms in total. The van der Waals surface area contributed by atoms with E-state index < -0.39 is 23.7 Å². The summed E-state index contributed by atoms with van der Waals surface area (Å²) in [5.74, 6) is 6.66. The van der Waals surface area contributed by atoms with Crippen molar-refractivity contribution < 1.29 is 15.0 Å². The number of fused-ring (bicyclic) bond motifs is 2. The lowest BCUT2D eigenvalue weighted by Crippen LogP contribution is -2.36. The van der Waals surface area contributed by atoms with Gasteiger partial charge in [-0.1, -0.05) is 11.6 Å². The van der Waals surface area contributed by atoms with Crippen LogP contribution in [0.3, 0.4) is 0 Å². The van der Waals surface area contributed by atoms with Gasteiger partial charge in [-0.3, -0.25) is 4.79 Å². The molecule has 0 aromatic carbocycles. The van der Waals surface area contributed by atoms with Crippen LogP contribution in [-0.4, -0.2) is 61.8 Å². The Morgan fingerprint density at radius 1 is 1.32 bits per heavy atom. The van der Waals surface area contributed by atoms with Crippen molar-refractivity contribution in [2.24, 2.45) is 11.3 Å². The van der Waals surface area contributed by atoms with Gasteiger partial charge in [0, 0.05) is 14.1 Å². The van der Waals surface area contributed by atoms with Gasteiger partial charge in [-0.2, -0.15) is 0 Å². The van der Waals surface area contributed by atoms with Crippen molar-refractivity contribution in [3.05, 3.63) is 33.5 Å². The molecule has 2 aliphatic carbocycles. The van der Waals surface area contributed by atoms with Crippen molar-refractivity contribution in [2.75, 3.05) is 19.0 Å². The Morgan fingerprint density at radius 2 is 2.10 bits per heavy atom. The molecule has 2 unspecified atom stereocenters. The Labute approximate surface area is 187 Å². The van der Waals surface area contributed by atoms with Gasteiger partial charge in [-0.25, -0.2) is 15.0 Å². The first-order valence-electron chi connectivity index (χ1n) is 9.80. The van der Waals surface area contributed by atoms with Crippen LogP contribution >= 0.6 is 22.9 Å². The molecule has 160 valence electrons. The first-order valence-corrected chi connectivity index (χ1v) is 11.0. The maximum atomic E-state index is 12.2. The average Bonchev–Trinajstić information content (AvgIpc) is 2.98. The monoisotopic (exact) mass is 457 g/mol. The van der Waals surface area contributed by atoms with Crippen LogP contribution in [-0.2, 0) is 4.79 Å². The Balaban J connectivity index is 1.62. The van der Waals surface area contributed by atoms with E-state index in [0.717, 1.165) is 4.88 Å². The minimum Gasteiger partial charge on any atom is -0.389 e. The van der Waals surface area contributed by atoms with Gasteiger partial charge < -0.3 is 19.7 Å². The molecule has 31 heavy (non-hydrogen) atoms. The maximum absolute atomic E-state index is 12.2. The zero-order valence-electron chi connectivity index (χ0n) is 17.1. The van der Waals surface area contributed by atoms with Crippen molar-refractivity contribution in [1.82, 2.24) is 19.5 Å². The number of Topliss-reactive ketones (excluding diaryl/α,β-unsaturated/α-hetero) is 1. The lowest BCUT2D eigenvalue weighted by molar-refractivity contribution is -0.128. The number of halogens is 1. The van der Waals surface area contributed by atoms with Crippen LogP contribution in [0.1, 0.15) is 30.1 Å². The van der Waals surface area contributed by atoms with E-state index >= 15 is 0 Å². The molecule has 2 fully saturated rings. The highest BCUT2D eigenvalue weighted by molar-refractivity contribution is 7.16. The minimum absolute atomic E-state index is 0.0965. The van der Waals surface area contributed by atoms with Crippen LogP contribution in [0.5, 0.6) is 0 Å². The third kappa shape index (κ3) is 2.97. The molecule has 3 aromatic heterocycles. The van der Waals surface area contributed by atoms with E-state index in [-0.39, 0.29) is 11.7 Å². The molecule has 0 aliphatic heterocycles. The molecule has 5 atom stereocenters. The lowest BCUT2D eigenvalue weighted by atomic mass is 9.95. The molecular weight excluding hydrogens is 438 g/mol. The Morgan fingerprint density at radius 3 is 2.71 bits per heavy atom. The number of imidazole rings is 1. The summed E-state index contributed by atoms with van der Waals surface area (Å²) in [6, 6.07) is 3.12. The van der Waals surface area contributed by atoms with Gasteiger partial charge in [-0.15, -0.1) is 11.3 Å². The van der Waals surface area contributed by atoms with E-state index in [0.29, 0.717) is 33.6 Å². The summed E-state index contributed by atoms with van der Waals surface area (Å²) in [4.78, 5) is 28.5. The summed E-state index contributed by atoms with van der Waals surface area (Å²) in [6.45, 7) is 1.47. The second-order valence-electron chi connectivity index (χ2n) is 8.28. The quantitative estimate of drug-likeness (QED) is 0.578. The van der Waals surface area contributed by atoms with Crippen LogP contribution in [0.2, 0.25) is 4.34 Å². The summed E-state index contributed by atoms with van der Waals surface area (Å²) in [5.41, 5.74) is 0.200. The molecule has 2 aliphatic rings. The molecule has 0 saturated heterocycles. The number of thiophene rings is 1. The van der Waals surface area contributed by atoms with E-state index in [1.54, 1.807) is 17.0 Å². The fraction of sp³-hybridized carbons (Fsp3) is 0.429. The number of carbonyl (C=O) groups is 1. The van der Waals surface area contributed by atoms with E-state index in [2.05, 4.69) is 26.8 Å². The molecule has 0 amide bonds. The van der Waals surface area contributed by atoms with Crippen LogP contribution in [0, 0.1) is 23.2 Å². The largest absolute Gasteiger partial charge is 0.389 e. The Hall–Kier alpha value is -2.51. The Bertz CT molecular complexity index is 1280. The Kier molecular flexibility index (Phi) is 4.61.